The summed E-state index contributed by atoms with van der Waals surface area (Å²) >= 11 is 5.78. The van der Waals surface area contributed by atoms with E-state index in [-0.39, 0.29) is 42.5 Å². The molecule has 0 radical (unpaired) electrons. The van der Waals surface area contributed by atoms with E-state index in [1.165, 1.54) is 6.20 Å². The van der Waals surface area contributed by atoms with Gasteiger partial charge in [-0.2, -0.15) is 0 Å². The molecule has 7 nitrogen and oxygen atoms in total. The topological polar surface area (TPSA) is 106 Å². The van der Waals surface area contributed by atoms with E-state index >= 15 is 0 Å². The zero-order chi connectivity index (χ0) is 19.2. The lowest BCUT2D eigenvalue weighted by Gasteiger charge is -2.26. The van der Waals surface area contributed by atoms with Crippen molar-refractivity contribution in [2.75, 3.05) is 23.8 Å². The number of aromatic nitrogens is 1. The van der Waals surface area contributed by atoms with Crippen molar-refractivity contribution in [3.8, 4) is 0 Å². The molecule has 0 aliphatic carbocycles. The van der Waals surface area contributed by atoms with E-state index in [0.717, 1.165) is 12.8 Å². The van der Waals surface area contributed by atoms with Gasteiger partial charge in [-0.15, -0.1) is 24.8 Å². The maximum absolute atomic E-state index is 12.4. The summed E-state index contributed by atoms with van der Waals surface area (Å²) in [7, 11) is 0. The van der Waals surface area contributed by atoms with Crippen molar-refractivity contribution in [3.05, 3.63) is 53.2 Å². The first-order chi connectivity index (χ1) is 13.0. The van der Waals surface area contributed by atoms with Crippen LogP contribution in [0, 0.1) is 5.92 Å². The highest BCUT2D eigenvalue weighted by atomic mass is 35.5. The van der Waals surface area contributed by atoms with Gasteiger partial charge in [0.15, 0.2) is 0 Å². The third-order valence-corrected chi connectivity index (χ3v) is 4.66. The Morgan fingerprint density at radius 3 is 2.52 bits per heavy atom. The number of nitrogens with zero attached hydrogens (tertiary/aromatic N) is 1. The molecule has 1 aromatic carbocycles. The van der Waals surface area contributed by atoms with Crippen LogP contribution in [0.25, 0.3) is 0 Å². The summed E-state index contributed by atoms with van der Waals surface area (Å²) < 4.78 is 5.30. The fourth-order valence-electron chi connectivity index (χ4n) is 2.89. The molecule has 0 saturated carbocycles. The number of hydrogen-bond donors (Lipinski definition) is 3. The average molecular weight is 462 g/mol. The Labute approximate surface area is 186 Å². The first-order valence-corrected chi connectivity index (χ1v) is 9.08. The number of amides is 2. The molecule has 1 aromatic heterocycles. The largest absolute Gasteiger partial charge is 0.381 e. The van der Waals surface area contributed by atoms with Gasteiger partial charge in [0, 0.05) is 30.7 Å². The van der Waals surface area contributed by atoms with Gasteiger partial charge in [0.25, 0.3) is 5.91 Å². The number of halogens is 3. The van der Waals surface area contributed by atoms with Gasteiger partial charge in [0.05, 0.1) is 11.1 Å². The number of carbonyl (C=O) groups excluding carboxylic acids is 2. The van der Waals surface area contributed by atoms with E-state index in [2.05, 4.69) is 15.6 Å². The summed E-state index contributed by atoms with van der Waals surface area (Å²) in [5, 5.41) is 5.95. The lowest BCUT2D eigenvalue weighted by molar-refractivity contribution is -0.119. The minimum Gasteiger partial charge on any atom is -0.381 e. The molecular weight excluding hydrogens is 439 g/mol. The zero-order valence-electron chi connectivity index (χ0n) is 15.5. The fourth-order valence-corrected chi connectivity index (χ4v) is 3.00. The number of carbonyl (C=O) groups is 2. The van der Waals surface area contributed by atoms with Gasteiger partial charge in [0.2, 0.25) is 5.91 Å². The third kappa shape index (κ3) is 7.13. The minimum atomic E-state index is -0.607. The van der Waals surface area contributed by atoms with Crippen LogP contribution in [0.1, 0.15) is 23.2 Å². The van der Waals surface area contributed by atoms with Gasteiger partial charge >= 0.3 is 0 Å². The predicted molar refractivity (Wildman–Crippen MR) is 118 cm³/mol. The Bertz CT molecular complexity index is 815. The van der Waals surface area contributed by atoms with Crippen molar-refractivity contribution in [1.82, 2.24) is 4.98 Å². The summed E-state index contributed by atoms with van der Waals surface area (Å²) in [4.78, 5) is 28.8. The second-order valence-corrected chi connectivity index (χ2v) is 6.80. The van der Waals surface area contributed by atoms with Crippen molar-refractivity contribution in [2.24, 2.45) is 11.7 Å². The second kappa shape index (κ2) is 11.9. The Balaban J connectivity index is 0.00000210. The molecular formula is C19H23Cl3N4O3. The zero-order valence-corrected chi connectivity index (χ0v) is 17.9. The van der Waals surface area contributed by atoms with Crippen LogP contribution in [0.15, 0.2) is 42.6 Å². The molecule has 1 fully saturated rings. The van der Waals surface area contributed by atoms with E-state index in [1.807, 2.05) is 0 Å². The van der Waals surface area contributed by atoms with E-state index < -0.39 is 6.04 Å². The van der Waals surface area contributed by atoms with Crippen LogP contribution in [0.5, 0.6) is 0 Å². The molecule has 2 amide bonds. The molecule has 1 atom stereocenters. The number of rotatable bonds is 5. The predicted octanol–water partition coefficient (Wildman–Crippen LogP) is 3.52. The summed E-state index contributed by atoms with van der Waals surface area (Å²) in [5.74, 6) is -0.116. The molecule has 1 aliphatic heterocycles. The van der Waals surface area contributed by atoms with Crippen molar-refractivity contribution in [3.63, 3.8) is 0 Å². The number of nitrogens with one attached hydrogen (secondary N) is 2. The fraction of sp³-hybridized carbons (Fsp3) is 0.316. The summed E-state index contributed by atoms with van der Waals surface area (Å²) in [5.41, 5.74) is 6.99. The van der Waals surface area contributed by atoms with Crippen molar-refractivity contribution in [1.29, 1.82) is 0 Å². The number of benzene rings is 1. The number of ether oxygens (including phenoxy) is 1. The highest BCUT2D eigenvalue weighted by Gasteiger charge is 2.26. The number of hydrogen-bond acceptors (Lipinski definition) is 5. The molecule has 158 valence electrons. The van der Waals surface area contributed by atoms with Gasteiger partial charge in [-0.25, -0.2) is 4.98 Å². The first kappa shape index (κ1) is 25.1. The van der Waals surface area contributed by atoms with Crippen LogP contribution in [-0.4, -0.2) is 36.1 Å². The smallest absolute Gasteiger partial charge is 0.256 e. The van der Waals surface area contributed by atoms with E-state index in [4.69, 9.17) is 22.1 Å². The number of pyridine rings is 1. The quantitative estimate of drug-likeness (QED) is 0.631. The molecule has 1 unspecified atom stereocenters. The van der Waals surface area contributed by atoms with Gasteiger partial charge < -0.3 is 21.1 Å². The maximum atomic E-state index is 12.4. The molecule has 2 aromatic rings. The SMILES string of the molecule is Cl.Cl.NC(C(=O)Nc1cccc(C(=O)Nc2ccc(Cl)cn2)c1)C1CCOCC1. The molecule has 0 bridgehead atoms. The lowest BCUT2D eigenvalue weighted by atomic mass is 9.92. The monoisotopic (exact) mass is 460 g/mol. The molecule has 1 saturated heterocycles. The number of anilines is 2. The van der Waals surface area contributed by atoms with Crippen LogP contribution < -0.4 is 16.4 Å². The van der Waals surface area contributed by atoms with Gasteiger partial charge in [-0.1, -0.05) is 17.7 Å². The van der Waals surface area contributed by atoms with E-state index in [1.54, 1.807) is 36.4 Å². The van der Waals surface area contributed by atoms with Crippen LogP contribution in [0.2, 0.25) is 5.02 Å². The number of nitrogens with two attached hydrogens (primary N) is 1. The van der Waals surface area contributed by atoms with E-state index in [9.17, 15) is 9.59 Å². The summed E-state index contributed by atoms with van der Waals surface area (Å²) in [6, 6.07) is 9.30. The van der Waals surface area contributed by atoms with Crippen LogP contribution in [0.4, 0.5) is 11.5 Å². The Morgan fingerprint density at radius 2 is 1.86 bits per heavy atom. The summed E-state index contributed by atoms with van der Waals surface area (Å²) in [6.45, 7) is 1.25. The highest BCUT2D eigenvalue weighted by molar-refractivity contribution is 6.30. The Morgan fingerprint density at radius 1 is 1.14 bits per heavy atom. The normalized spacial score (nSPS) is 14.7. The molecule has 4 N–H and O–H groups in total. The molecule has 10 heteroatoms. The van der Waals surface area contributed by atoms with Gasteiger partial charge in [-0.3, -0.25) is 9.59 Å². The molecule has 29 heavy (non-hydrogen) atoms. The maximum Gasteiger partial charge on any atom is 0.256 e. The Hall–Kier alpha value is -1.90. The average Bonchev–Trinajstić information content (AvgIpc) is 2.70. The van der Waals surface area contributed by atoms with Gasteiger partial charge in [-0.05, 0) is 49.1 Å². The summed E-state index contributed by atoms with van der Waals surface area (Å²) in [6.07, 6.45) is 2.99. The van der Waals surface area contributed by atoms with Crippen molar-refractivity contribution < 1.29 is 14.3 Å². The van der Waals surface area contributed by atoms with Crippen LogP contribution in [0.3, 0.4) is 0 Å². The minimum absolute atomic E-state index is 0. The molecule has 0 spiro atoms. The van der Waals surface area contributed by atoms with E-state index in [0.29, 0.717) is 35.3 Å². The lowest BCUT2D eigenvalue weighted by Crippen LogP contribution is -2.44. The molecule has 1 aliphatic rings. The first-order valence-electron chi connectivity index (χ1n) is 8.70. The van der Waals surface area contributed by atoms with Crippen molar-refractivity contribution >= 4 is 59.7 Å². The second-order valence-electron chi connectivity index (χ2n) is 6.36. The van der Waals surface area contributed by atoms with Crippen LogP contribution in [-0.2, 0) is 9.53 Å². The Kier molecular flexibility index (Phi) is 10.4. The third-order valence-electron chi connectivity index (χ3n) is 4.44. The van der Waals surface area contributed by atoms with Gasteiger partial charge in [0.1, 0.15) is 5.82 Å². The van der Waals surface area contributed by atoms with Crippen molar-refractivity contribution in [2.45, 2.75) is 18.9 Å². The molecule has 3 rings (SSSR count). The molecule has 2 heterocycles. The van der Waals surface area contributed by atoms with Crippen LogP contribution >= 0.6 is 36.4 Å². The standard InChI is InChI=1S/C19H21ClN4O3.2ClH/c20-14-4-5-16(22-11-14)24-18(25)13-2-1-3-15(10-13)23-19(26)17(21)12-6-8-27-9-7-12;;/h1-5,10-12,17H,6-9,21H2,(H,23,26)(H,22,24,25);2*1H. The highest BCUT2D eigenvalue weighted by Crippen LogP contribution is 2.19.